The summed E-state index contributed by atoms with van der Waals surface area (Å²) in [5.74, 6) is -0.758. The smallest absolute Gasteiger partial charge is 0.264 e. The van der Waals surface area contributed by atoms with E-state index in [9.17, 15) is 19.5 Å². The van der Waals surface area contributed by atoms with Gasteiger partial charge >= 0.3 is 0 Å². The molecule has 7 nitrogen and oxygen atoms in total. The summed E-state index contributed by atoms with van der Waals surface area (Å²) >= 11 is 8.78. The van der Waals surface area contributed by atoms with Gasteiger partial charge in [-0.2, -0.15) is 0 Å². The Bertz CT molecular complexity index is 1580. The Labute approximate surface area is 272 Å². The number of anilines is 1. The summed E-state index contributed by atoms with van der Waals surface area (Å²) in [4.78, 5) is 43.7. The number of ether oxygens (including phenoxy) is 1. The second kappa shape index (κ2) is 11.6. The van der Waals surface area contributed by atoms with Crippen LogP contribution < -0.4 is 4.90 Å². The van der Waals surface area contributed by atoms with E-state index >= 15 is 0 Å². The number of aliphatic hydroxyl groups excluding tert-OH is 1. The Balaban J connectivity index is 1.36. The van der Waals surface area contributed by atoms with E-state index in [1.807, 2.05) is 68.5 Å². The number of halogens is 2. The van der Waals surface area contributed by atoms with E-state index in [1.165, 1.54) is 0 Å². The summed E-state index contributed by atoms with van der Waals surface area (Å²) in [5.41, 5.74) is 2.83. The van der Waals surface area contributed by atoms with Crippen LogP contribution in [0.2, 0.25) is 23.7 Å². The number of rotatable bonds is 6. The molecule has 0 bridgehead atoms. The Morgan fingerprint density at radius 1 is 1.12 bits per heavy atom. The Morgan fingerprint density at radius 3 is 2.56 bits per heavy atom. The van der Waals surface area contributed by atoms with E-state index in [2.05, 4.69) is 28.7 Å². The van der Waals surface area contributed by atoms with Crippen LogP contribution in [-0.4, -0.2) is 53.7 Å². The van der Waals surface area contributed by atoms with Crippen molar-refractivity contribution in [2.45, 2.75) is 69.2 Å². The predicted molar refractivity (Wildman–Crippen MR) is 177 cm³/mol. The fourth-order valence-corrected chi connectivity index (χ4v) is 10.9. The quantitative estimate of drug-likeness (QED) is 0.254. The molecule has 43 heavy (non-hydrogen) atoms. The summed E-state index contributed by atoms with van der Waals surface area (Å²) in [6.45, 7) is 6.28. The van der Waals surface area contributed by atoms with E-state index in [-0.39, 0.29) is 30.9 Å². The number of hydrogen-bond acceptors (Lipinski definition) is 5. The average Bonchev–Trinajstić information content (AvgIpc) is 3.38. The fourth-order valence-electron chi connectivity index (χ4n) is 7.56. The first-order valence-electron chi connectivity index (χ1n) is 14.7. The van der Waals surface area contributed by atoms with E-state index < -0.39 is 31.5 Å². The standard InChI is InChI=1S/C33H36ClIN2O5Si/c1-20-31(43(2,3)41)29(16-30(39)36-18-23-9-5-4-8-22(23)14-26(36)19-38)42-33(20)27-15-24(34)11-12-28(27)37(32(33)40)17-21-7-6-10-25(35)13-21/h4-13,15,20,26,29,31,38,41H,14,16-19H2,1-3H3/t20-,26-,29+,31-,33+/m0/s1. The molecule has 1 fully saturated rings. The topological polar surface area (TPSA) is 90.3 Å². The number of carbonyl (C=O) groups is 2. The van der Waals surface area contributed by atoms with Crippen LogP contribution in [0.3, 0.4) is 0 Å². The number of hydrogen-bond donors (Lipinski definition) is 2. The minimum absolute atomic E-state index is 0.00642. The first-order chi connectivity index (χ1) is 20.4. The van der Waals surface area contributed by atoms with Crippen LogP contribution in [-0.2, 0) is 39.4 Å². The lowest BCUT2D eigenvalue weighted by atomic mass is 9.82. The molecule has 5 atom stereocenters. The zero-order valence-corrected chi connectivity index (χ0v) is 28.4. The van der Waals surface area contributed by atoms with Crippen LogP contribution in [0.25, 0.3) is 0 Å². The number of aliphatic hydroxyl groups is 1. The van der Waals surface area contributed by atoms with Crippen molar-refractivity contribution in [2.75, 3.05) is 11.5 Å². The highest BCUT2D eigenvalue weighted by atomic mass is 127. The third kappa shape index (κ3) is 5.36. The van der Waals surface area contributed by atoms with Crippen LogP contribution in [0.5, 0.6) is 0 Å². The van der Waals surface area contributed by atoms with Crippen molar-refractivity contribution in [1.82, 2.24) is 4.90 Å². The first-order valence-corrected chi connectivity index (χ1v) is 19.2. The van der Waals surface area contributed by atoms with Gasteiger partial charge in [0.2, 0.25) is 5.91 Å². The highest BCUT2D eigenvalue weighted by Crippen LogP contribution is 2.60. The van der Waals surface area contributed by atoms with Crippen molar-refractivity contribution in [3.8, 4) is 0 Å². The molecule has 2 amide bonds. The molecule has 3 heterocycles. The van der Waals surface area contributed by atoms with Gasteiger partial charge in [-0.15, -0.1) is 0 Å². The second-order valence-electron chi connectivity index (χ2n) is 12.6. The van der Waals surface area contributed by atoms with Crippen molar-refractivity contribution >= 4 is 60.0 Å². The number of amides is 2. The SMILES string of the molecule is C[C@H]1[C@H]([Si](C)(C)O)[C@@H](CC(=O)N2Cc3ccccc3C[C@H]2CO)O[C@]12C(=O)N(Cc1cccc(I)c1)c1ccc(Cl)cc12. The van der Waals surface area contributed by atoms with Crippen molar-refractivity contribution in [3.63, 3.8) is 0 Å². The highest BCUT2D eigenvalue weighted by Gasteiger charge is 2.66. The number of nitrogens with zero attached hydrogens (tertiary/aromatic N) is 2. The van der Waals surface area contributed by atoms with E-state index in [0.29, 0.717) is 30.1 Å². The van der Waals surface area contributed by atoms with Gasteiger partial charge in [-0.3, -0.25) is 9.59 Å². The van der Waals surface area contributed by atoms with Crippen LogP contribution in [0.1, 0.15) is 35.6 Å². The molecule has 1 saturated heterocycles. The molecule has 3 aromatic rings. The third-order valence-corrected chi connectivity index (χ3v) is 12.8. The monoisotopic (exact) mass is 730 g/mol. The normalized spacial score (nSPS) is 26.6. The zero-order valence-electron chi connectivity index (χ0n) is 24.5. The Morgan fingerprint density at radius 2 is 1.86 bits per heavy atom. The minimum atomic E-state index is -2.96. The van der Waals surface area contributed by atoms with E-state index in [0.717, 1.165) is 25.9 Å². The van der Waals surface area contributed by atoms with Gasteiger partial charge < -0.3 is 24.4 Å². The molecule has 6 rings (SSSR count). The lowest BCUT2D eigenvalue weighted by molar-refractivity contribution is -0.151. The molecule has 10 heteroatoms. The molecule has 3 aliphatic heterocycles. The predicted octanol–water partition coefficient (Wildman–Crippen LogP) is 5.63. The number of benzene rings is 3. The molecule has 0 saturated carbocycles. The molecule has 0 aromatic heterocycles. The third-order valence-electron chi connectivity index (χ3n) is 9.44. The molecule has 0 radical (unpaired) electrons. The number of fused-ring (bicyclic) bond motifs is 3. The molecule has 3 aromatic carbocycles. The van der Waals surface area contributed by atoms with E-state index in [1.54, 1.807) is 21.9 Å². The maximum absolute atomic E-state index is 14.6. The lowest BCUT2D eigenvalue weighted by Gasteiger charge is -2.37. The van der Waals surface area contributed by atoms with Gasteiger partial charge in [0.15, 0.2) is 13.9 Å². The maximum atomic E-state index is 14.6. The molecule has 2 N–H and O–H groups in total. The highest BCUT2D eigenvalue weighted by molar-refractivity contribution is 14.1. The summed E-state index contributed by atoms with van der Waals surface area (Å²) in [7, 11) is -2.96. The zero-order chi connectivity index (χ0) is 30.7. The lowest BCUT2D eigenvalue weighted by Crippen LogP contribution is -2.48. The van der Waals surface area contributed by atoms with Gasteiger partial charge in [-0.05, 0) is 89.1 Å². The van der Waals surface area contributed by atoms with Gasteiger partial charge in [-0.25, -0.2) is 0 Å². The molecule has 3 aliphatic rings. The van der Waals surface area contributed by atoms with Gasteiger partial charge in [-0.1, -0.05) is 54.9 Å². The molecule has 0 aliphatic carbocycles. The van der Waals surface area contributed by atoms with Gasteiger partial charge in [0, 0.05) is 32.2 Å². The average molecular weight is 731 g/mol. The van der Waals surface area contributed by atoms with Crippen molar-refractivity contribution in [1.29, 1.82) is 0 Å². The van der Waals surface area contributed by atoms with Gasteiger partial charge in [0.05, 0.1) is 37.4 Å². The van der Waals surface area contributed by atoms with Gasteiger partial charge in [0.1, 0.15) is 0 Å². The minimum Gasteiger partial charge on any atom is -0.432 e. The second-order valence-corrected chi connectivity index (χ2v) is 18.2. The largest absolute Gasteiger partial charge is 0.432 e. The summed E-state index contributed by atoms with van der Waals surface area (Å²) in [6.07, 6.45) is -0.0999. The molecule has 1 spiro atoms. The molecular weight excluding hydrogens is 695 g/mol. The first kappa shape index (κ1) is 30.7. The molecular formula is C33H36ClIN2O5Si. The van der Waals surface area contributed by atoms with Crippen LogP contribution in [0, 0.1) is 9.49 Å². The number of carbonyl (C=O) groups excluding carboxylic acids is 2. The Hall–Kier alpha value is -2.28. The Kier molecular flexibility index (Phi) is 8.27. The molecule has 226 valence electrons. The fraction of sp³-hybridized carbons (Fsp3) is 0.394. The van der Waals surface area contributed by atoms with Crippen LogP contribution in [0.15, 0.2) is 66.7 Å². The summed E-state index contributed by atoms with van der Waals surface area (Å²) < 4.78 is 7.94. The molecule has 0 unspecified atom stereocenters. The van der Waals surface area contributed by atoms with Crippen molar-refractivity contribution in [2.24, 2.45) is 5.92 Å². The maximum Gasteiger partial charge on any atom is 0.264 e. The van der Waals surface area contributed by atoms with Gasteiger partial charge in [0.25, 0.3) is 5.91 Å². The summed E-state index contributed by atoms with van der Waals surface area (Å²) in [5, 5.41) is 10.7. The van der Waals surface area contributed by atoms with Crippen molar-refractivity contribution < 1.29 is 24.2 Å². The summed E-state index contributed by atoms with van der Waals surface area (Å²) in [6, 6.07) is 21.1. The van der Waals surface area contributed by atoms with Crippen molar-refractivity contribution in [3.05, 3.63) is 97.6 Å². The van der Waals surface area contributed by atoms with E-state index in [4.69, 9.17) is 16.3 Å². The van der Waals surface area contributed by atoms with Crippen LogP contribution in [0.4, 0.5) is 5.69 Å². The van der Waals surface area contributed by atoms with Crippen LogP contribution >= 0.6 is 34.2 Å².